The summed E-state index contributed by atoms with van der Waals surface area (Å²) in [6.45, 7) is 3.58. The van der Waals surface area contributed by atoms with Crippen LogP contribution in [0.25, 0.3) is 11.2 Å². The summed E-state index contributed by atoms with van der Waals surface area (Å²) in [5.74, 6) is 0.303. The first-order chi connectivity index (χ1) is 24.9. The Kier molecular flexibility index (Phi) is 10.0. The molecule has 3 amide bonds. The molecule has 0 radical (unpaired) electrons. The van der Waals surface area contributed by atoms with Crippen LogP contribution >= 0.6 is 0 Å². The maximum atomic E-state index is 12.7. The van der Waals surface area contributed by atoms with Crippen molar-refractivity contribution in [2.45, 2.75) is 49.8 Å². The number of carbonyl (C=O) groups is 2. The Labute approximate surface area is 294 Å². The number of likely N-dealkylation sites (N-methyl/N-ethyl adjacent to an activating group) is 1. The van der Waals surface area contributed by atoms with E-state index in [-0.39, 0.29) is 18.0 Å². The van der Waals surface area contributed by atoms with Gasteiger partial charge in [0.25, 0.3) is 5.91 Å². The molecule has 5 atom stereocenters. The highest BCUT2D eigenvalue weighted by Crippen LogP contribution is 2.34. The van der Waals surface area contributed by atoms with Gasteiger partial charge in [-0.2, -0.15) is 9.97 Å². The number of pyridine rings is 1. The van der Waals surface area contributed by atoms with Crippen molar-refractivity contribution in [2.75, 3.05) is 41.7 Å². The second-order valence-electron chi connectivity index (χ2n) is 12.5. The third kappa shape index (κ3) is 7.31. The minimum Gasteiger partial charge on any atom is -0.387 e. The fourth-order valence-corrected chi connectivity index (χ4v) is 6.58. The first-order valence-corrected chi connectivity index (χ1v) is 17.0. The SMILES string of the molecule is CCNC(=O)[C@H]1O[C@@H](n2cnc3c(NCC(c4ccccc4)c4ccccc4)nc(N4CC[C@@H](NC(=O)Nc5cccnc5)C4)nc32)[C@H](O)[C@@H]1O. The summed E-state index contributed by atoms with van der Waals surface area (Å²) in [5.41, 5.74) is 3.60. The standard InChI is InChI=1S/C36H40N10O5/c1-2-38-33(49)30-28(47)29(48)34(51-30)46-21-40-27-31(39-19-26(22-10-5-3-6-11-22)23-12-7-4-8-13-23)43-35(44-32(27)46)45-17-15-25(20-45)42-36(50)41-24-14-9-16-37-18-24/h3-14,16,18,21,25-26,28-30,34,47-48H,2,15,17,19-20H2,1H3,(H,38,49)(H,39,43,44)(H2,41,42,50)/t25-,28+,29-,30+,34-/m1/s1. The van der Waals surface area contributed by atoms with E-state index in [1.54, 1.807) is 31.5 Å². The predicted molar refractivity (Wildman–Crippen MR) is 190 cm³/mol. The first kappa shape index (κ1) is 33.8. The number of amides is 3. The average molecular weight is 693 g/mol. The Bertz CT molecular complexity index is 1910. The molecule has 0 saturated carbocycles. The monoisotopic (exact) mass is 692 g/mol. The molecule has 0 bridgehead atoms. The Morgan fingerprint density at radius 3 is 2.41 bits per heavy atom. The van der Waals surface area contributed by atoms with Gasteiger partial charge in [-0.15, -0.1) is 0 Å². The molecular weight excluding hydrogens is 652 g/mol. The van der Waals surface area contributed by atoms with E-state index in [0.717, 1.165) is 11.1 Å². The Morgan fingerprint density at radius 2 is 1.73 bits per heavy atom. The zero-order chi connectivity index (χ0) is 35.3. The average Bonchev–Trinajstić information content (AvgIpc) is 3.87. The number of benzene rings is 2. The van der Waals surface area contributed by atoms with Gasteiger partial charge >= 0.3 is 6.03 Å². The predicted octanol–water partition coefficient (Wildman–Crippen LogP) is 2.62. The maximum Gasteiger partial charge on any atom is 0.319 e. The third-order valence-corrected chi connectivity index (χ3v) is 9.13. The van der Waals surface area contributed by atoms with Crippen molar-refractivity contribution in [1.29, 1.82) is 0 Å². The lowest BCUT2D eigenvalue weighted by Gasteiger charge is -2.22. The van der Waals surface area contributed by atoms with Crippen molar-refractivity contribution in [3.05, 3.63) is 103 Å². The number of aromatic nitrogens is 5. The Balaban J connectivity index is 1.19. The first-order valence-electron chi connectivity index (χ1n) is 17.0. The minimum absolute atomic E-state index is 0.0189. The van der Waals surface area contributed by atoms with Crippen LogP contribution in [-0.4, -0.2) is 97.2 Å². The fourth-order valence-electron chi connectivity index (χ4n) is 6.58. The normalized spacial score (nSPS) is 21.6. The molecule has 2 fully saturated rings. The minimum atomic E-state index is -1.46. The van der Waals surface area contributed by atoms with Crippen LogP contribution in [0.4, 0.5) is 22.2 Å². The Hall–Kier alpha value is -5.64. The fraction of sp³-hybridized carbons (Fsp3) is 0.333. The van der Waals surface area contributed by atoms with Gasteiger partial charge in [0.05, 0.1) is 18.2 Å². The van der Waals surface area contributed by atoms with Gasteiger partial charge in [0.1, 0.15) is 12.2 Å². The second kappa shape index (κ2) is 15.1. The molecule has 3 aromatic heterocycles. The molecule has 0 unspecified atom stereocenters. The molecule has 5 aromatic rings. The summed E-state index contributed by atoms with van der Waals surface area (Å²) in [6, 6.07) is 23.4. The van der Waals surface area contributed by atoms with E-state index in [2.05, 4.69) is 55.5 Å². The molecule has 7 rings (SSSR count). The van der Waals surface area contributed by atoms with Crippen LogP contribution in [0, 0.1) is 0 Å². The number of hydrogen-bond donors (Lipinski definition) is 6. The van der Waals surface area contributed by atoms with Crippen LogP contribution in [0.3, 0.4) is 0 Å². The summed E-state index contributed by atoms with van der Waals surface area (Å²) >= 11 is 0. The molecule has 2 aliphatic heterocycles. The number of rotatable bonds is 11. The number of nitrogens with one attached hydrogen (secondary N) is 4. The number of hydrogen-bond acceptors (Lipinski definition) is 11. The van der Waals surface area contributed by atoms with E-state index in [0.29, 0.717) is 61.2 Å². The zero-order valence-corrected chi connectivity index (χ0v) is 28.0. The molecule has 264 valence electrons. The molecule has 6 N–H and O–H groups in total. The number of urea groups is 1. The number of fused-ring (bicyclic) bond motifs is 1. The van der Waals surface area contributed by atoms with E-state index >= 15 is 0 Å². The smallest absolute Gasteiger partial charge is 0.319 e. The van der Waals surface area contributed by atoms with Crippen molar-refractivity contribution < 1.29 is 24.5 Å². The van der Waals surface area contributed by atoms with Gasteiger partial charge in [0, 0.05) is 44.3 Å². The number of anilines is 3. The number of imidazole rings is 1. The summed E-state index contributed by atoms with van der Waals surface area (Å²) in [6.07, 6.45) is 0.0282. The van der Waals surface area contributed by atoms with Gasteiger partial charge < -0.3 is 41.1 Å². The summed E-state index contributed by atoms with van der Waals surface area (Å²) in [4.78, 5) is 45.8. The van der Waals surface area contributed by atoms with Crippen LogP contribution in [-0.2, 0) is 9.53 Å². The van der Waals surface area contributed by atoms with Crippen LogP contribution < -0.4 is 26.2 Å². The van der Waals surface area contributed by atoms with E-state index in [9.17, 15) is 19.8 Å². The molecular formula is C36H40N10O5. The molecule has 0 aliphatic carbocycles. The number of nitrogens with zero attached hydrogens (tertiary/aromatic N) is 6. The molecule has 2 saturated heterocycles. The zero-order valence-electron chi connectivity index (χ0n) is 28.0. The van der Waals surface area contributed by atoms with Crippen LogP contribution in [0.5, 0.6) is 0 Å². The van der Waals surface area contributed by atoms with Crippen molar-refractivity contribution >= 4 is 40.6 Å². The lowest BCUT2D eigenvalue weighted by Crippen LogP contribution is -2.42. The van der Waals surface area contributed by atoms with Crippen LogP contribution in [0.1, 0.15) is 36.6 Å². The van der Waals surface area contributed by atoms with Gasteiger partial charge in [-0.3, -0.25) is 14.3 Å². The van der Waals surface area contributed by atoms with Crippen molar-refractivity contribution in [1.82, 2.24) is 35.1 Å². The molecule has 0 spiro atoms. The quantitative estimate of drug-likeness (QED) is 0.119. The van der Waals surface area contributed by atoms with Crippen LogP contribution in [0.2, 0.25) is 0 Å². The lowest BCUT2D eigenvalue weighted by molar-refractivity contribution is -0.137. The highest BCUT2D eigenvalue weighted by Gasteiger charge is 2.47. The molecule has 2 aliphatic rings. The lowest BCUT2D eigenvalue weighted by atomic mass is 9.91. The van der Waals surface area contributed by atoms with E-state index in [4.69, 9.17) is 14.7 Å². The largest absolute Gasteiger partial charge is 0.387 e. The van der Waals surface area contributed by atoms with Crippen molar-refractivity contribution in [2.24, 2.45) is 0 Å². The highest BCUT2D eigenvalue weighted by atomic mass is 16.6. The van der Waals surface area contributed by atoms with Crippen LogP contribution in [0.15, 0.2) is 91.5 Å². The second-order valence-corrected chi connectivity index (χ2v) is 12.5. The molecule has 2 aromatic carbocycles. The van der Waals surface area contributed by atoms with Gasteiger partial charge in [-0.1, -0.05) is 60.7 Å². The van der Waals surface area contributed by atoms with Gasteiger partial charge in [-0.05, 0) is 36.6 Å². The summed E-state index contributed by atoms with van der Waals surface area (Å²) in [5, 5.41) is 33.8. The van der Waals surface area contributed by atoms with Crippen molar-refractivity contribution in [3.8, 4) is 0 Å². The number of carbonyl (C=O) groups excluding carboxylic acids is 2. The van der Waals surface area contributed by atoms with Crippen molar-refractivity contribution in [3.63, 3.8) is 0 Å². The summed E-state index contributed by atoms with van der Waals surface area (Å²) < 4.78 is 7.46. The summed E-state index contributed by atoms with van der Waals surface area (Å²) in [7, 11) is 0. The number of aliphatic hydroxyl groups is 2. The van der Waals surface area contributed by atoms with E-state index in [1.807, 2.05) is 41.3 Å². The van der Waals surface area contributed by atoms with Gasteiger partial charge in [0.15, 0.2) is 29.3 Å². The highest BCUT2D eigenvalue weighted by molar-refractivity contribution is 5.89. The number of ether oxygens (including phenoxy) is 1. The molecule has 15 heteroatoms. The molecule has 5 heterocycles. The molecule has 51 heavy (non-hydrogen) atoms. The Morgan fingerprint density at radius 1 is 0.980 bits per heavy atom. The van der Waals surface area contributed by atoms with Gasteiger partial charge in [0.2, 0.25) is 5.95 Å². The van der Waals surface area contributed by atoms with E-state index < -0.39 is 30.4 Å². The molecule has 15 nitrogen and oxygen atoms in total. The van der Waals surface area contributed by atoms with Gasteiger partial charge in [-0.25, -0.2) is 9.78 Å². The third-order valence-electron chi connectivity index (χ3n) is 9.13. The maximum absolute atomic E-state index is 12.7. The number of aliphatic hydroxyl groups excluding tert-OH is 2. The van der Waals surface area contributed by atoms with E-state index in [1.165, 1.54) is 10.9 Å². The topological polar surface area (TPSA) is 192 Å².